The van der Waals surface area contributed by atoms with E-state index in [1.165, 1.54) is 17.0 Å². The molecular weight excluding hydrogens is 388 g/mol. The number of hydrogen-bond acceptors (Lipinski definition) is 3. The van der Waals surface area contributed by atoms with Gasteiger partial charge in [-0.05, 0) is 55.7 Å². The Morgan fingerprint density at radius 1 is 1.03 bits per heavy atom. The number of rotatable bonds is 10. The van der Waals surface area contributed by atoms with E-state index in [0.29, 0.717) is 13.0 Å². The number of amides is 1. The molecule has 0 saturated heterocycles. The van der Waals surface area contributed by atoms with Gasteiger partial charge in [-0.15, -0.1) is 0 Å². The van der Waals surface area contributed by atoms with Crippen molar-refractivity contribution in [3.05, 3.63) is 78.0 Å². The number of aryl methyl sites for hydroxylation is 1. The summed E-state index contributed by atoms with van der Waals surface area (Å²) in [6, 6.07) is 22.4. The highest BCUT2D eigenvalue weighted by Gasteiger charge is 2.15. The molecule has 0 saturated carbocycles. The lowest BCUT2D eigenvalue weighted by atomic mass is 10.00. The van der Waals surface area contributed by atoms with Gasteiger partial charge in [-0.3, -0.25) is 4.79 Å². The topological polar surface area (TPSA) is 63.5 Å². The van der Waals surface area contributed by atoms with Crippen molar-refractivity contribution >= 4 is 5.91 Å². The van der Waals surface area contributed by atoms with Crippen molar-refractivity contribution in [1.29, 1.82) is 0 Å². The maximum Gasteiger partial charge on any atom is 0.223 e. The Labute approximate surface area is 184 Å². The van der Waals surface area contributed by atoms with Gasteiger partial charge >= 0.3 is 0 Å². The van der Waals surface area contributed by atoms with E-state index in [1.807, 2.05) is 37.3 Å². The molecule has 31 heavy (non-hydrogen) atoms. The average Bonchev–Trinajstić information content (AvgIpc) is 3.15. The van der Waals surface area contributed by atoms with Gasteiger partial charge in [0.25, 0.3) is 0 Å². The molecule has 2 aromatic carbocycles. The van der Waals surface area contributed by atoms with Gasteiger partial charge in [-0.1, -0.05) is 49.4 Å². The van der Waals surface area contributed by atoms with E-state index in [2.05, 4.69) is 53.2 Å². The van der Waals surface area contributed by atoms with E-state index >= 15 is 0 Å². The van der Waals surface area contributed by atoms with Crippen LogP contribution in [-0.4, -0.2) is 34.8 Å². The van der Waals surface area contributed by atoms with Crippen LogP contribution in [-0.2, 0) is 17.8 Å². The second kappa shape index (κ2) is 10.8. The maximum absolute atomic E-state index is 12.1. The molecule has 1 amide bonds. The summed E-state index contributed by atoms with van der Waals surface area (Å²) >= 11 is 0. The lowest BCUT2D eigenvalue weighted by Gasteiger charge is -2.16. The molecule has 3 aromatic rings. The largest absolute Gasteiger partial charge is 0.492 e. The van der Waals surface area contributed by atoms with Crippen molar-refractivity contribution in [3.8, 4) is 17.0 Å². The van der Waals surface area contributed by atoms with Gasteiger partial charge in [0.05, 0.1) is 13.2 Å². The Morgan fingerprint density at radius 2 is 1.74 bits per heavy atom. The van der Waals surface area contributed by atoms with Gasteiger partial charge in [0.2, 0.25) is 5.91 Å². The molecule has 2 atom stereocenters. The molecule has 0 aliphatic rings. The van der Waals surface area contributed by atoms with E-state index in [0.717, 1.165) is 17.9 Å². The third-order valence-electron chi connectivity index (χ3n) is 5.43. The number of ether oxygens (including phenoxy) is 1. The number of hydrogen-bond donors (Lipinski definition) is 2. The molecule has 0 fully saturated rings. The molecule has 1 aromatic heterocycles. The number of nitrogens with one attached hydrogen (secondary N) is 1. The minimum Gasteiger partial charge on any atom is -0.492 e. The summed E-state index contributed by atoms with van der Waals surface area (Å²) in [5.74, 6) is 0.618. The third kappa shape index (κ3) is 6.22. The highest BCUT2D eigenvalue weighted by molar-refractivity contribution is 5.78. The van der Waals surface area contributed by atoms with Crippen molar-refractivity contribution in [2.24, 2.45) is 5.92 Å². The van der Waals surface area contributed by atoms with E-state index in [-0.39, 0.29) is 24.5 Å². The second-order valence-corrected chi connectivity index (χ2v) is 8.07. The van der Waals surface area contributed by atoms with Crippen LogP contribution < -0.4 is 10.1 Å². The number of carbonyl (C=O) groups is 1. The normalized spacial score (nSPS) is 12.9. The number of aliphatic hydroxyl groups is 1. The van der Waals surface area contributed by atoms with Crippen molar-refractivity contribution in [3.63, 3.8) is 0 Å². The molecule has 0 bridgehead atoms. The fourth-order valence-corrected chi connectivity index (χ4v) is 3.58. The summed E-state index contributed by atoms with van der Waals surface area (Å²) in [6.07, 6.45) is 0.646. The molecule has 1 heterocycles. The predicted molar refractivity (Wildman–Crippen MR) is 124 cm³/mol. The number of aromatic nitrogens is 1. The van der Waals surface area contributed by atoms with Crippen molar-refractivity contribution in [2.45, 2.75) is 39.8 Å². The number of aliphatic hydroxyl groups excluding tert-OH is 1. The van der Waals surface area contributed by atoms with Crippen LogP contribution in [0.4, 0.5) is 0 Å². The summed E-state index contributed by atoms with van der Waals surface area (Å²) < 4.78 is 8.25. The Hall–Kier alpha value is -3.05. The van der Waals surface area contributed by atoms with Gasteiger partial charge in [0, 0.05) is 23.3 Å². The molecule has 2 N–H and O–H groups in total. The van der Waals surface area contributed by atoms with Gasteiger partial charge in [0.15, 0.2) is 0 Å². The van der Waals surface area contributed by atoms with Gasteiger partial charge in [-0.2, -0.15) is 0 Å². The van der Waals surface area contributed by atoms with Crippen molar-refractivity contribution in [2.75, 3.05) is 13.2 Å². The zero-order chi connectivity index (χ0) is 22.2. The van der Waals surface area contributed by atoms with Crippen LogP contribution in [0.3, 0.4) is 0 Å². The first-order valence-corrected chi connectivity index (χ1v) is 10.8. The van der Waals surface area contributed by atoms with Gasteiger partial charge in [0.1, 0.15) is 12.4 Å². The summed E-state index contributed by atoms with van der Waals surface area (Å²) in [5.41, 5.74) is 4.69. The van der Waals surface area contributed by atoms with Crippen molar-refractivity contribution in [1.82, 2.24) is 9.88 Å². The molecule has 0 aliphatic heterocycles. The molecular formula is C26H32N2O3. The molecule has 5 nitrogen and oxygen atoms in total. The highest BCUT2D eigenvalue weighted by atomic mass is 16.5. The van der Waals surface area contributed by atoms with Crippen LogP contribution in [0.1, 0.15) is 25.1 Å². The number of nitrogens with zero attached hydrogens (tertiary/aromatic N) is 1. The Balaban J connectivity index is 1.53. The molecule has 0 spiro atoms. The smallest absolute Gasteiger partial charge is 0.223 e. The average molecular weight is 421 g/mol. The zero-order valence-electron chi connectivity index (χ0n) is 18.5. The van der Waals surface area contributed by atoms with Gasteiger partial charge in [-0.25, -0.2) is 0 Å². The lowest BCUT2D eigenvalue weighted by molar-refractivity contribution is -0.125. The highest BCUT2D eigenvalue weighted by Crippen LogP contribution is 2.22. The first kappa shape index (κ1) is 22.6. The Bertz CT molecular complexity index is 964. The molecule has 0 radical (unpaired) electrons. The molecule has 0 unspecified atom stereocenters. The lowest BCUT2D eigenvalue weighted by Crippen LogP contribution is -2.38. The van der Waals surface area contributed by atoms with Crippen LogP contribution in [0.2, 0.25) is 0 Å². The van der Waals surface area contributed by atoms with Crippen molar-refractivity contribution < 1.29 is 14.6 Å². The van der Waals surface area contributed by atoms with E-state index < -0.39 is 0 Å². The summed E-state index contributed by atoms with van der Waals surface area (Å²) in [4.78, 5) is 12.1. The molecule has 5 heteroatoms. The molecule has 164 valence electrons. The quantitative estimate of drug-likeness (QED) is 0.516. The zero-order valence-corrected chi connectivity index (χ0v) is 18.5. The molecule has 3 rings (SSSR count). The van der Waals surface area contributed by atoms with Crippen LogP contribution in [0.25, 0.3) is 11.3 Å². The van der Waals surface area contributed by atoms with Crippen LogP contribution >= 0.6 is 0 Å². The third-order valence-corrected chi connectivity index (χ3v) is 5.43. The Morgan fingerprint density at radius 3 is 2.42 bits per heavy atom. The summed E-state index contributed by atoms with van der Waals surface area (Å²) in [6.45, 7) is 7.08. The monoisotopic (exact) mass is 420 g/mol. The van der Waals surface area contributed by atoms with Crippen LogP contribution in [0.15, 0.2) is 66.7 Å². The standard InChI is InChI=1S/C26H32N2O3/c1-19(26(30)27-20(2)18-29)17-22-10-12-24(13-11-22)31-16-15-28-21(3)9-14-25(28)23-7-5-4-6-8-23/h4-14,19-20,29H,15-18H2,1-3H3,(H,27,30)/t19-,20+/m0/s1. The first-order chi connectivity index (χ1) is 15.0. The predicted octanol–water partition coefficient (Wildman–Crippen LogP) is 4.22. The van der Waals surface area contributed by atoms with E-state index in [1.54, 1.807) is 6.92 Å². The summed E-state index contributed by atoms with van der Waals surface area (Å²) in [7, 11) is 0. The van der Waals surface area contributed by atoms with Crippen LogP contribution in [0.5, 0.6) is 5.75 Å². The summed E-state index contributed by atoms with van der Waals surface area (Å²) in [5, 5.41) is 11.9. The minimum atomic E-state index is -0.225. The fraction of sp³-hybridized carbons (Fsp3) is 0.346. The Kier molecular flexibility index (Phi) is 7.90. The maximum atomic E-state index is 12.1. The van der Waals surface area contributed by atoms with Crippen LogP contribution in [0, 0.1) is 12.8 Å². The fourth-order valence-electron chi connectivity index (χ4n) is 3.58. The number of benzene rings is 2. The van der Waals surface area contributed by atoms with E-state index in [9.17, 15) is 4.79 Å². The van der Waals surface area contributed by atoms with Gasteiger partial charge < -0.3 is 19.7 Å². The van der Waals surface area contributed by atoms with E-state index in [4.69, 9.17) is 9.84 Å². The SMILES string of the molecule is Cc1ccc(-c2ccccc2)n1CCOc1ccc(C[C@H](C)C(=O)N[C@H](C)CO)cc1. The molecule has 0 aliphatic carbocycles. The first-order valence-electron chi connectivity index (χ1n) is 10.8. The minimum absolute atomic E-state index is 0.0433. The second-order valence-electron chi connectivity index (χ2n) is 8.07. The number of carbonyl (C=O) groups excluding carboxylic acids is 1.